The highest BCUT2D eigenvalue weighted by molar-refractivity contribution is 6.37. The minimum atomic E-state index is -1.05. The Morgan fingerprint density at radius 1 is 1.03 bits per heavy atom. The van der Waals surface area contributed by atoms with Crippen LogP contribution in [0.3, 0.4) is 0 Å². The van der Waals surface area contributed by atoms with E-state index in [2.05, 4.69) is 6.07 Å². The first-order valence-electron chi connectivity index (χ1n) is 12.9. The van der Waals surface area contributed by atoms with Gasteiger partial charge in [-0.1, -0.05) is 64.6 Å². The van der Waals surface area contributed by atoms with Gasteiger partial charge in [0.05, 0.1) is 39.0 Å². The molecule has 2 aliphatic rings. The molecule has 3 aromatic rings. The van der Waals surface area contributed by atoms with E-state index >= 15 is 0 Å². The molecular weight excluding hydrogens is 557 g/mol. The molecule has 0 bridgehead atoms. The third kappa shape index (κ3) is 5.64. The van der Waals surface area contributed by atoms with Crippen LogP contribution in [-0.4, -0.2) is 24.6 Å². The van der Waals surface area contributed by atoms with E-state index < -0.39 is 5.60 Å². The Morgan fingerprint density at radius 2 is 1.72 bits per heavy atom. The average molecular weight is 587 g/mol. The third-order valence-electron chi connectivity index (χ3n) is 7.62. The number of rotatable bonds is 9. The van der Waals surface area contributed by atoms with Crippen LogP contribution in [-0.2, 0) is 10.4 Å². The van der Waals surface area contributed by atoms with Crippen molar-refractivity contribution < 1.29 is 19.4 Å². The highest BCUT2D eigenvalue weighted by atomic mass is 35.5. The van der Waals surface area contributed by atoms with Gasteiger partial charge < -0.3 is 20.3 Å². The molecular formula is C31H30Cl3NO4. The number of aryl methyl sites for hydroxylation is 1. The van der Waals surface area contributed by atoms with E-state index in [1.54, 1.807) is 43.5 Å². The summed E-state index contributed by atoms with van der Waals surface area (Å²) in [6.45, 7) is 1.98. The van der Waals surface area contributed by atoms with Gasteiger partial charge in [0.2, 0.25) is 0 Å². The van der Waals surface area contributed by atoms with Gasteiger partial charge in [0, 0.05) is 17.0 Å². The molecule has 2 saturated carbocycles. The summed E-state index contributed by atoms with van der Waals surface area (Å²) >= 11 is 19.4. The summed E-state index contributed by atoms with van der Waals surface area (Å²) in [6.07, 6.45) is 2.70. The predicted molar refractivity (Wildman–Crippen MR) is 156 cm³/mol. The molecule has 2 fully saturated rings. The van der Waals surface area contributed by atoms with Crippen LogP contribution in [0.5, 0.6) is 11.5 Å². The fourth-order valence-corrected chi connectivity index (χ4v) is 6.21. The van der Waals surface area contributed by atoms with Gasteiger partial charge in [-0.15, -0.1) is 0 Å². The summed E-state index contributed by atoms with van der Waals surface area (Å²) < 4.78 is 11.5. The van der Waals surface area contributed by atoms with Gasteiger partial charge in [-0.3, -0.25) is 4.79 Å². The highest BCUT2D eigenvalue weighted by Crippen LogP contribution is 2.54. The summed E-state index contributed by atoms with van der Waals surface area (Å²) in [5.74, 6) is 1.32. The number of halogens is 3. The molecule has 39 heavy (non-hydrogen) atoms. The smallest absolute Gasteiger partial charge is 0.167 e. The number of aliphatic hydroxyl groups is 1. The van der Waals surface area contributed by atoms with Crippen LogP contribution >= 0.6 is 34.8 Å². The molecule has 204 valence electrons. The Hall–Kier alpha value is -2.70. The van der Waals surface area contributed by atoms with Crippen molar-refractivity contribution in [2.45, 2.75) is 44.1 Å². The molecule has 2 aliphatic carbocycles. The molecule has 0 radical (unpaired) electrons. The monoisotopic (exact) mass is 585 g/mol. The second kappa shape index (κ2) is 11.1. The Kier molecular flexibility index (Phi) is 7.89. The highest BCUT2D eigenvalue weighted by Gasteiger charge is 2.46. The number of ether oxygens (including phenoxy) is 2. The van der Waals surface area contributed by atoms with Gasteiger partial charge in [0.25, 0.3) is 0 Å². The molecule has 0 aliphatic heterocycles. The Balaban J connectivity index is 1.34. The molecule has 3 aromatic carbocycles. The second-order valence-electron chi connectivity index (χ2n) is 10.4. The van der Waals surface area contributed by atoms with Gasteiger partial charge in [0.15, 0.2) is 5.78 Å². The number of Topliss-reactive ketones (excluding diaryl/α,β-unsaturated/α-hetero) is 1. The Bertz CT molecular complexity index is 1440. The molecule has 8 heteroatoms. The SMILES string of the molecule is COc1ccc(C)cc1C1CC(O)(c2ccc(OCC(C(=O)C3CC3)=C(N)c3c(Cl)cccc3Cl)cc2Cl)C1. The van der Waals surface area contributed by atoms with Gasteiger partial charge in [-0.05, 0) is 74.4 Å². The maximum Gasteiger partial charge on any atom is 0.167 e. The van der Waals surface area contributed by atoms with E-state index in [0.29, 0.717) is 50.4 Å². The molecule has 0 heterocycles. The summed E-state index contributed by atoms with van der Waals surface area (Å²) in [4.78, 5) is 13.1. The number of carbonyl (C=O) groups is 1. The van der Waals surface area contributed by atoms with Crippen molar-refractivity contribution in [3.63, 3.8) is 0 Å². The molecule has 0 atom stereocenters. The third-order valence-corrected chi connectivity index (χ3v) is 8.56. The fourth-order valence-electron chi connectivity index (χ4n) is 5.27. The number of hydrogen-bond donors (Lipinski definition) is 2. The fraction of sp³-hybridized carbons (Fsp3) is 0.323. The number of benzene rings is 3. The normalized spacial score (nSPS) is 21.1. The van der Waals surface area contributed by atoms with E-state index in [4.69, 9.17) is 50.0 Å². The molecule has 5 rings (SSSR count). The Morgan fingerprint density at radius 3 is 2.33 bits per heavy atom. The maximum atomic E-state index is 13.1. The standard InChI is InChI=1S/C31H30Cl3NO4/c1-17-6-11-27(38-2)21(12-17)19-14-31(37,15-19)23-10-9-20(13-26(23)34)39-16-22(30(36)18-7-8-18)29(35)28-24(32)4-3-5-25(28)33/h3-6,9-13,18-19,37H,7-8,14-16,35H2,1-2H3. The summed E-state index contributed by atoms with van der Waals surface area (Å²) in [5.41, 5.74) is 9.25. The van der Waals surface area contributed by atoms with Crippen LogP contribution in [0.4, 0.5) is 0 Å². The number of carbonyl (C=O) groups excluding carboxylic acids is 1. The summed E-state index contributed by atoms with van der Waals surface area (Å²) in [7, 11) is 1.66. The first-order valence-corrected chi connectivity index (χ1v) is 14.0. The van der Waals surface area contributed by atoms with E-state index in [-0.39, 0.29) is 29.9 Å². The van der Waals surface area contributed by atoms with Crippen molar-refractivity contribution in [1.29, 1.82) is 0 Å². The second-order valence-corrected chi connectivity index (χ2v) is 11.7. The Labute approximate surface area is 243 Å². The molecule has 3 N–H and O–H groups in total. The molecule has 0 aromatic heterocycles. The lowest BCUT2D eigenvalue weighted by molar-refractivity contribution is -0.116. The molecule has 0 unspecified atom stereocenters. The number of ketones is 1. The summed E-state index contributed by atoms with van der Waals surface area (Å²) in [5, 5.41) is 12.5. The van der Waals surface area contributed by atoms with Crippen LogP contribution in [0.2, 0.25) is 15.1 Å². The minimum absolute atomic E-state index is 0.0576. The van der Waals surface area contributed by atoms with E-state index in [1.165, 1.54) is 0 Å². The van der Waals surface area contributed by atoms with Crippen molar-refractivity contribution in [1.82, 2.24) is 0 Å². The topological polar surface area (TPSA) is 81.8 Å². The zero-order chi connectivity index (χ0) is 27.9. The first kappa shape index (κ1) is 27.9. The van der Waals surface area contributed by atoms with E-state index in [1.807, 2.05) is 19.1 Å². The van der Waals surface area contributed by atoms with Crippen molar-refractivity contribution in [2.24, 2.45) is 11.7 Å². The van der Waals surface area contributed by atoms with Gasteiger partial charge >= 0.3 is 0 Å². The van der Waals surface area contributed by atoms with Crippen LogP contribution in [0.25, 0.3) is 5.70 Å². The average Bonchev–Trinajstić information content (AvgIpc) is 3.72. The molecule has 0 amide bonds. The maximum absolute atomic E-state index is 13.1. The van der Waals surface area contributed by atoms with Gasteiger partial charge in [-0.25, -0.2) is 0 Å². The van der Waals surface area contributed by atoms with Crippen LogP contribution < -0.4 is 15.2 Å². The molecule has 0 spiro atoms. The quantitative estimate of drug-likeness (QED) is 0.254. The minimum Gasteiger partial charge on any atom is -0.496 e. The van der Waals surface area contributed by atoms with Crippen molar-refractivity contribution in [3.05, 3.63) is 97.5 Å². The van der Waals surface area contributed by atoms with Crippen LogP contribution in [0, 0.1) is 12.8 Å². The van der Waals surface area contributed by atoms with Gasteiger partial charge in [0.1, 0.15) is 18.1 Å². The van der Waals surface area contributed by atoms with Crippen molar-refractivity contribution >= 4 is 46.3 Å². The van der Waals surface area contributed by atoms with E-state index in [0.717, 1.165) is 29.7 Å². The zero-order valence-electron chi connectivity index (χ0n) is 21.8. The largest absolute Gasteiger partial charge is 0.496 e. The first-order chi connectivity index (χ1) is 18.6. The summed E-state index contributed by atoms with van der Waals surface area (Å²) in [6, 6.07) is 16.4. The lowest BCUT2D eigenvalue weighted by atomic mass is 9.64. The van der Waals surface area contributed by atoms with Crippen molar-refractivity contribution in [3.8, 4) is 11.5 Å². The van der Waals surface area contributed by atoms with Crippen molar-refractivity contribution in [2.75, 3.05) is 13.7 Å². The number of nitrogens with two attached hydrogens (primary N) is 1. The lowest BCUT2D eigenvalue weighted by Crippen LogP contribution is -2.40. The zero-order valence-corrected chi connectivity index (χ0v) is 24.0. The van der Waals surface area contributed by atoms with Crippen LogP contribution in [0.1, 0.15) is 53.9 Å². The number of hydrogen-bond acceptors (Lipinski definition) is 5. The number of methoxy groups -OCH3 is 1. The van der Waals surface area contributed by atoms with E-state index in [9.17, 15) is 9.90 Å². The lowest BCUT2D eigenvalue weighted by Gasteiger charge is -2.45. The van der Waals surface area contributed by atoms with Gasteiger partial charge in [-0.2, -0.15) is 0 Å². The predicted octanol–water partition coefficient (Wildman–Crippen LogP) is 7.46. The molecule has 0 saturated heterocycles. The molecule has 5 nitrogen and oxygen atoms in total. The van der Waals surface area contributed by atoms with Crippen LogP contribution in [0.15, 0.2) is 60.2 Å².